The molecule has 0 saturated carbocycles. The van der Waals surface area contributed by atoms with Crippen molar-refractivity contribution in [2.45, 2.75) is 26.1 Å². The van der Waals surface area contributed by atoms with E-state index < -0.39 is 6.36 Å². The summed E-state index contributed by atoms with van der Waals surface area (Å²) in [4.78, 5) is 11.3. The summed E-state index contributed by atoms with van der Waals surface area (Å²) in [7, 11) is 0. The summed E-state index contributed by atoms with van der Waals surface area (Å²) in [6, 6.07) is 3.84. The molecule has 0 aliphatic heterocycles. The van der Waals surface area contributed by atoms with Crippen molar-refractivity contribution in [1.82, 2.24) is 0 Å². The van der Waals surface area contributed by atoms with E-state index in [1.807, 2.05) is 6.92 Å². The van der Waals surface area contributed by atoms with E-state index in [4.69, 9.17) is 0 Å². The zero-order valence-corrected chi connectivity index (χ0v) is 11.1. The van der Waals surface area contributed by atoms with Gasteiger partial charge in [-0.3, -0.25) is 4.79 Å². The molecule has 1 N–H and O–H groups in total. The monoisotopic (exact) mass is 325 g/mol. The molecule has 0 radical (unpaired) electrons. The maximum absolute atomic E-state index is 12.0. The standard InChI is InChI=1S/C11H11BrF3NO2/c1-2-3-10(17)16-7-4-5-9(8(12)6-7)18-11(13,14)15/h4-6H,2-3H2,1H3,(H,16,17). The topological polar surface area (TPSA) is 38.3 Å². The third-order valence-corrected chi connectivity index (χ3v) is 2.54. The van der Waals surface area contributed by atoms with Crippen molar-refractivity contribution in [2.24, 2.45) is 0 Å². The number of hydrogen-bond acceptors (Lipinski definition) is 2. The summed E-state index contributed by atoms with van der Waals surface area (Å²) in [5, 5.41) is 2.57. The number of amides is 1. The minimum absolute atomic E-state index is 0.120. The molecule has 1 aromatic carbocycles. The van der Waals surface area contributed by atoms with Crippen LogP contribution in [0.5, 0.6) is 5.75 Å². The minimum Gasteiger partial charge on any atom is -0.405 e. The van der Waals surface area contributed by atoms with Gasteiger partial charge in [-0.2, -0.15) is 0 Å². The molecule has 0 spiro atoms. The number of rotatable bonds is 4. The summed E-state index contributed by atoms with van der Waals surface area (Å²) in [5.74, 6) is -0.537. The van der Waals surface area contributed by atoms with Crippen molar-refractivity contribution < 1.29 is 22.7 Å². The predicted octanol–water partition coefficient (Wildman–Crippen LogP) is 4.09. The van der Waals surface area contributed by atoms with Gasteiger partial charge in [0.15, 0.2) is 0 Å². The molecule has 18 heavy (non-hydrogen) atoms. The van der Waals surface area contributed by atoms with Gasteiger partial charge in [-0.15, -0.1) is 13.2 Å². The number of hydrogen-bond donors (Lipinski definition) is 1. The Kier molecular flexibility index (Phi) is 5.01. The first-order valence-electron chi connectivity index (χ1n) is 5.17. The highest BCUT2D eigenvalue weighted by molar-refractivity contribution is 9.10. The summed E-state index contributed by atoms with van der Waals surface area (Å²) >= 11 is 2.95. The van der Waals surface area contributed by atoms with Crippen LogP contribution in [0.1, 0.15) is 19.8 Å². The molecule has 0 aliphatic carbocycles. The highest BCUT2D eigenvalue weighted by atomic mass is 79.9. The fourth-order valence-corrected chi connectivity index (χ4v) is 1.70. The Hall–Kier alpha value is -1.24. The van der Waals surface area contributed by atoms with Crippen molar-refractivity contribution in [2.75, 3.05) is 5.32 Å². The number of nitrogens with one attached hydrogen (secondary N) is 1. The van der Waals surface area contributed by atoms with Crippen LogP contribution in [0.4, 0.5) is 18.9 Å². The van der Waals surface area contributed by atoms with E-state index in [-0.39, 0.29) is 16.1 Å². The van der Waals surface area contributed by atoms with Crippen molar-refractivity contribution in [3.63, 3.8) is 0 Å². The predicted molar refractivity (Wildman–Crippen MR) is 64.4 cm³/mol. The highest BCUT2D eigenvalue weighted by Crippen LogP contribution is 2.32. The third kappa shape index (κ3) is 4.95. The fourth-order valence-electron chi connectivity index (χ4n) is 1.24. The molecule has 0 unspecified atom stereocenters. The Labute approximate surface area is 110 Å². The number of carbonyl (C=O) groups is 1. The molecule has 1 amide bonds. The molecular formula is C11H11BrF3NO2. The average molecular weight is 326 g/mol. The molecule has 0 atom stereocenters. The van der Waals surface area contributed by atoms with E-state index in [0.717, 1.165) is 6.07 Å². The maximum Gasteiger partial charge on any atom is 0.573 e. The second kappa shape index (κ2) is 6.08. The molecule has 1 aromatic rings. The summed E-state index contributed by atoms with van der Waals surface area (Å²) < 4.78 is 40.0. The lowest BCUT2D eigenvalue weighted by Crippen LogP contribution is -2.17. The van der Waals surface area contributed by atoms with Crippen LogP contribution in [-0.4, -0.2) is 12.3 Å². The first kappa shape index (κ1) is 14.8. The molecule has 0 bridgehead atoms. The number of ether oxygens (including phenoxy) is 1. The van der Waals surface area contributed by atoms with Crippen molar-refractivity contribution >= 4 is 27.5 Å². The number of carbonyl (C=O) groups excluding carboxylic acids is 1. The Balaban J connectivity index is 2.76. The first-order chi connectivity index (χ1) is 8.31. The van der Waals surface area contributed by atoms with Gasteiger partial charge in [-0.05, 0) is 40.5 Å². The van der Waals surface area contributed by atoms with E-state index in [9.17, 15) is 18.0 Å². The van der Waals surface area contributed by atoms with Gasteiger partial charge in [0.1, 0.15) is 5.75 Å². The molecule has 0 aromatic heterocycles. The van der Waals surface area contributed by atoms with Crippen LogP contribution in [0, 0.1) is 0 Å². The quantitative estimate of drug-likeness (QED) is 0.905. The third-order valence-electron chi connectivity index (χ3n) is 1.92. The zero-order chi connectivity index (χ0) is 13.8. The smallest absolute Gasteiger partial charge is 0.405 e. The zero-order valence-electron chi connectivity index (χ0n) is 9.47. The maximum atomic E-state index is 12.0. The second-order valence-electron chi connectivity index (χ2n) is 3.49. The second-order valence-corrected chi connectivity index (χ2v) is 4.35. The van der Waals surface area contributed by atoms with Gasteiger partial charge >= 0.3 is 6.36 Å². The molecule has 0 heterocycles. The van der Waals surface area contributed by atoms with Gasteiger partial charge < -0.3 is 10.1 Å². The van der Waals surface area contributed by atoms with Crippen molar-refractivity contribution in [3.8, 4) is 5.75 Å². The van der Waals surface area contributed by atoms with Crippen LogP contribution in [-0.2, 0) is 4.79 Å². The Morgan fingerprint density at radius 1 is 1.44 bits per heavy atom. The van der Waals surface area contributed by atoms with Gasteiger partial charge in [0, 0.05) is 12.1 Å². The van der Waals surface area contributed by atoms with Crippen molar-refractivity contribution in [1.29, 1.82) is 0 Å². The minimum atomic E-state index is -4.74. The van der Waals surface area contributed by atoms with E-state index in [1.165, 1.54) is 12.1 Å². The summed E-state index contributed by atoms with van der Waals surface area (Å²) in [5.41, 5.74) is 0.412. The number of anilines is 1. The lowest BCUT2D eigenvalue weighted by molar-refractivity contribution is -0.274. The van der Waals surface area contributed by atoms with Crippen LogP contribution < -0.4 is 10.1 Å². The molecular weight excluding hydrogens is 315 g/mol. The summed E-state index contributed by atoms with van der Waals surface area (Å²) in [6.45, 7) is 1.86. The van der Waals surface area contributed by atoms with Crippen LogP contribution >= 0.6 is 15.9 Å². The lowest BCUT2D eigenvalue weighted by Gasteiger charge is -2.12. The van der Waals surface area contributed by atoms with Gasteiger partial charge in [-0.1, -0.05) is 6.92 Å². The Morgan fingerprint density at radius 2 is 2.11 bits per heavy atom. The molecule has 7 heteroatoms. The normalized spacial score (nSPS) is 11.2. The van der Waals surface area contributed by atoms with Gasteiger partial charge in [0.05, 0.1) is 4.47 Å². The molecule has 0 aliphatic rings. The van der Waals surface area contributed by atoms with E-state index in [0.29, 0.717) is 18.5 Å². The van der Waals surface area contributed by atoms with Gasteiger partial charge in [0.2, 0.25) is 5.91 Å². The molecule has 0 saturated heterocycles. The van der Waals surface area contributed by atoms with Gasteiger partial charge in [0.25, 0.3) is 0 Å². The van der Waals surface area contributed by atoms with Crippen LogP contribution in [0.25, 0.3) is 0 Å². The fraction of sp³-hybridized carbons (Fsp3) is 0.364. The van der Waals surface area contributed by atoms with Crippen LogP contribution in [0.15, 0.2) is 22.7 Å². The molecule has 1 rings (SSSR count). The number of benzene rings is 1. The molecule has 3 nitrogen and oxygen atoms in total. The molecule has 100 valence electrons. The lowest BCUT2D eigenvalue weighted by atomic mass is 10.2. The highest BCUT2D eigenvalue weighted by Gasteiger charge is 2.31. The van der Waals surface area contributed by atoms with E-state index >= 15 is 0 Å². The van der Waals surface area contributed by atoms with E-state index in [1.54, 1.807) is 0 Å². The van der Waals surface area contributed by atoms with Crippen LogP contribution in [0.3, 0.4) is 0 Å². The van der Waals surface area contributed by atoms with Gasteiger partial charge in [-0.25, -0.2) is 0 Å². The SMILES string of the molecule is CCCC(=O)Nc1ccc(OC(F)(F)F)c(Br)c1. The Bertz CT molecular complexity index is 435. The average Bonchev–Trinajstić information content (AvgIpc) is 2.21. The van der Waals surface area contributed by atoms with Crippen molar-refractivity contribution in [3.05, 3.63) is 22.7 Å². The number of alkyl halides is 3. The number of halogens is 4. The molecule has 0 fully saturated rings. The Morgan fingerprint density at radius 3 is 2.61 bits per heavy atom. The van der Waals surface area contributed by atoms with E-state index in [2.05, 4.69) is 26.0 Å². The first-order valence-corrected chi connectivity index (χ1v) is 5.96. The largest absolute Gasteiger partial charge is 0.573 e. The summed E-state index contributed by atoms with van der Waals surface area (Å²) in [6.07, 6.45) is -3.68. The van der Waals surface area contributed by atoms with Crippen LogP contribution in [0.2, 0.25) is 0 Å².